The van der Waals surface area contributed by atoms with Crippen molar-refractivity contribution in [1.82, 2.24) is 0 Å². The van der Waals surface area contributed by atoms with E-state index in [1.807, 2.05) is 6.07 Å². The maximum absolute atomic E-state index is 10.2. The number of aliphatic hydroxyl groups excluding tert-OH is 1. The minimum absolute atomic E-state index is 0.152. The van der Waals surface area contributed by atoms with Crippen LogP contribution in [0.3, 0.4) is 0 Å². The Bertz CT molecular complexity index is 431. The quantitative estimate of drug-likeness (QED) is 0.822. The monoisotopic (exact) mass is 304 g/mol. The maximum Gasteiger partial charge on any atom is 0.165 e. The topological polar surface area (TPSA) is 49.7 Å². The zero-order valence-corrected chi connectivity index (χ0v) is 12.1. The Labute approximate surface area is 123 Å². The van der Waals surface area contributed by atoms with Gasteiger partial charge < -0.3 is 14.9 Å². The van der Waals surface area contributed by atoms with Crippen molar-refractivity contribution in [2.24, 2.45) is 0 Å². The molecule has 0 bridgehead atoms. The fraction of sp³-hybridized carbons (Fsp3) is 0.571. The smallest absolute Gasteiger partial charge is 0.165 e. The maximum atomic E-state index is 10.2. The molecule has 1 aliphatic rings. The van der Waals surface area contributed by atoms with Crippen molar-refractivity contribution >= 4 is 23.2 Å². The number of ether oxygens (including phenoxy) is 1. The summed E-state index contributed by atoms with van der Waals surface area (Å²) < 4.78 is 5.65. The molecule has 0 amide bonds. The zero-order valence-electron chi connectivity index (χ0n) is 10.6. The van der Waals surface area contributed by atoms with Gasteiger partial charge in [-0.15, -0.1) is 0 Å². The van der Waals surface area contributed by atoms with Gasteiger partial charge in [0.15, 0.2) is 5.79 Å². The molecule has 0 unspecified atom stereocenters. The van der Waals surface area contributed by atoms with Crippen molar-refractivity contribution in [1.29, 1.82) is 0 Å². The van der Waals surface area contributed by atoms with Crippen LogP contribution >= 0.6 is 23.2 Å². The van der Waals surface area contributed by atoms with Crippen molar-refractivity contribution in [2.45, 2.75) is 44.0 Å². The zero-order chi connectivity index (χ0) is 13.9. The van der Waals surface area contributed by atoms with E-state index in [0.717, 1.165) is 18.4 Å². The summed E-state index contributed by atoms with van der Waals surface area (Å²) in [5, 5.41) is 20.7. The van der Waals surface area contributed by atoms with E-state index in [1.165, 1.54) is 0 Å². The van der Waals surface area contributed by atoms with Crippen LogP contribution in [0.5, 0.6) is 0 Å². The Morgan fingerprint density at radius 2 is 1.95 bits per heavy atom. The lowest BCUT2D eigenvalue weighted by Gasteiger charge is -2.28. The molecule has 2 N–H and O–H groups in total. The minimum atomic E-state index is -1.09. The first kappa shape index (κ1) is 15.1. The van der Waals surface area contributed by atoms with E-state index < -0.39 is 11.9 Å². The molecule has 0 heterocycles. The highest BCUT2D eigenvalue weighted by Gasteiger charge is 2.34. The summed E-state index contributed by atoms with van der Waals surface area (Å²) in [4.78, 5) is 0. The van der Waals surface area contributed by atoms with Gasteiger partial charge in [-0.25, -0.2) is 0 Å². The molecule has 1 aromatic carbocycles. The largest absolute Gasteiger partial charge is 0.394 e. The number of hydrogen-bond acceptors (Lipinski definition) is 3. The average Bonchev–Trinajstić information content (AvgIpc) is 2.78. The molecule has 1 fully saturated rings. The molecular weight excluding hydrogens is 287 g/mol. The lowest BCUT2D eigenvalue weighted by Crippen LogP contribution is -2.36. The molecule has 0 aromatic heterocycles. The lowest BCUT2D eigenvalue weighted by molar-refractivity contribution is -0.230. The molecule has 0 spiro atoms. The number of hydrogen-bond donors (Lipinski definition) is 2. The third kappa shape index (κ3) is 4.07. The standard InChI is InChI=1S/C14H18Cl2O3/c15-11-4-3-10(13(16)8-11)7-12(9-17)19-14(18)5-1-2-6-14/h3-4,8,12,17-18H,1-2,5-7,9H2/t12-/m1/s1. The Hall–Kier alpha value is -0.320. The fourth-order valence-corrected chi connectivity index (χ4v) is 2.92. The van der Waals surface area contributed by atoms with Gasteiger partial charge in [-0.2, -0.15) is 0 Å². The molecule has 2 rings (SSSR count). The van der Waals surface area contributed by atoms with Crippen LogP contribution in [-0.4, -0.2) is 28.7 Å². The normalized spacial score (nSPS) is 19.6. The SMILES string of the molecule is OC[C@@H](Cc1ccc(Cl)cc1Cl)OC1(O)CCCC1. The third-order valence-corrected chi connectivity index (χ3v) is 4.02. The van der Waals surface area contributed by atoms with Gasteiger partial charge in [0.2, 0.25) is 0 Å². The van der Waals surface area contributed by atoms with Gasteiger partial charge in [0.25, 0.3) is 0 Å². The van der Waals surface area contributed by atoms with E-state index in [0.29, 0.717) is 29.3 Å². The van der Waals surface area contributed by atoms with Gasteiger partial charge in [-0.05, 0) is 30.5 Å². The van der Waals surface area contributed by atoms with Crippen LogP contribution < -0.4 is 0 Å². The van der Waals surface area contributed by atoms with Gasteiger partial charge in [0, 0.05) is 29.3 Å². The van der Waals surface area contributed by atoms with Crippen LogP contribution in [0.15, 0.2) is 18.2 Å². The summed E-state index contributed by atoms with van der Waals surface area (Å²) >= 11 is 11.9. The fourth-order valence-electron chi connectivity index (χ4n) is 2.43. The summed E-state index contributed by atoms with van der Waals surface area (Å²) in [5.74, 6) is -1.09. The molecule has 1 atom stereocenters. The number of rotatable bonds is 5. The highest BCUT2D eigenvalue weighted by molar-refractivity contribution is 6.35. The van der Waals surface area contributed by atoms with Crippen LogP contribution in [0.1, 0.15) is 31.2 Å². The molecular formula is C14H18Cl2O3. The van der Waals surface area contributed by atoms with E-state index in [-0.39, 0.29) is 6.61 Å². The van der Waals surface area contributed by atoms with E-state index in [1.54, 1.807) is 12.1 Å². The summed E-state index contributed by atoms with van der Waals surface area (Å²) in [7, 11) is 0. The van der Waals surface area contributed by atoms with Crippen LogP contribution in [0.4, 0.5) is 0 Å². The predicted molar refractivity (Wildman–Crippen MR) is 75.5 cm³/mol. The Morgan fingerprint density at radius 1 is 1.26 bits per heavy atom. The van der Waals surface area contributed by atoms with Crippen molar-refractivity contribution in [3.63, 3.8) is 0 Å². The Morgan fingerprint density at radius 3 is 2.53 bits per heavy atom. The number of halogens is 2. The molecule has 5 heteroatoms. The molecule has 1 aliphatic carbocycles. The third-order valence-electron chi connectivity index (χ3n) is 3.44. The summed E-state index contributed by atoms with van der Waals surface area (Å²) in [6.45, 7) is -0.152. The van der Waals surface area contributed by atoms with Crippen molar-refractivity contribution in [3.8, 4) is 0 Å². The molecule has 0 radical (unpaired) electrons. The Kier molecular flexibility index (Phi) is 5.09. The van der Waals surface area contributed by atoms with Crippen LogP contribution in [0.25, 0.3) is 0 Å². The van der Waals surface area contributed by atoms with Crippen LogP contribution in [0.2, 0.25) is 10.0 Å². The second-order valence-corrected chi connectivity index (χ2v) is 5.86. The highest BCUT2D eigenvalue weighted by atomic mass is 35.5. The molecule has 1 aromatic rings. The predicted octanol–water partition coefficient (Wildman–Crippen LogP) is 3.18. The molecule has 0 aliphatic heterocycles. The highest BCUT2D eigenvalue weighted by Crippen LogP contribution is 2.32. The number of benzene rings is 1. The van der Waals surface area contributed by atoms with Gasteiger partial charge in [-0.1, -0.05) is 29.3 Å². The van der Waals surface area contributed by atoms with E-state index in [2.05, 4.69) is 0 Å². The molecule has 3 nitrogen and oxygen atoms in total. The first-order valence-corrected chi connectivity index (χ1v) is 7.23. The Balaban J connectivity index is 2.02. The van der Waals surface area contributed by atoms with Crippen molar-refractivity contribution in [2.75, 3.05) is 6.61 Å². The van der Waals surface area contributed by atoms with E-state index in [4.69, 9.17) is 27.9 Å². The van der Waals surface area contributed by atoms with E-state index >= 15 is 0 Å². The average molecular weight is 305 g/mol. The van der Waals surface area contributed by atoms with Crippen LogP contribution in [-0.2, 0) is 11.2 Å². The van der Waals surface area contributed by atoms with Gasteiger partial charge >= 0.3 is 0 Å². The van der Waals surface area contributed by atoms with E-state index in [9.17, 15) is 10.2 Å². The summed E-state index contributed by atoms with van der Waals surface area (Å²) in [6.07, 6.45) is 3.15. The first-order chi connectivity index (χ1) is 9.02. The van der Waals surface area contributed by atoms with Gasteiger partial charge in [0.1, 0.15) is 0 Å². The molecule has 0 saturated heterocycles. The second kappa shape index (κ2) is 6.42. The van der Waals surface area contributed by atoms with Crippen molar-refractivity contribution < 1.29 is 14.9 Å². The molecule has 19 heavy (non-hydrogen) atoms. The minimum Gasteiger partial charge on any atom is -0.394 e. The summed E-state index contributed by atoms with van der Waals surface area (Å²) in [6, 6.07) is 5.23. The molecule has 1 saturated carbocycles. The summed E-state index contributed by atoms with van der Waals surface area (Å²) in [5.41, 5.74) is 0.853. The second-order valence-electron chi connectivity index (χ2n) is 5.02. The van der Waals surface area contributed by atoms with Gasteiger partial charge in [-0.3, -0.25) is 0 Å². The first-order valence-electron chi connectivity index (χ1n) is 6.47. The lowest BCUT2D eigenvalue weighted by atomic mass is 10.1. The van der Waals surface area contributed by atoms with Crippen molar-refractivity contribution in [3.05, 3.63) is 33.8 Å². The molecule has 106 valence electrons. The van der Waals surface area contributed by atoms with Gasteiger partial charge in [0.05, 0.1) is 12.7 Å². The van der Waals surface area contributed by atoms with Crippen LogP contribution in [0, 0.1) is 0 Å². The number of aliphatic hydroxyl groups is 2.